The number of hydrogen-bond donors (Lipinski definition) is 2. The number of carbonyl (C=O) groups excluding carboxylic acids is 2. The molecule has 1 aromatic heterocycles. The average molecular weight is 468 g/mol. The normalized spacial score (nSPS) is 10.5. The molecule has 0 unspecified atom stereocenters. The zero-order chi connectivity index (χ0) is 23.8. The molecule has 2 aromatic carbocycles. The van der Waals surface area contributed by atoms with Gasteiger partial charge >= 0.3 is 0 Å². The van der Waals surface area contributed by atoms with E-state index in [2.05, 4.69) is 15.6 Å². The molecule has 33 heavy (non-hydrogen) atoms. The Morgan fingerprint density at radius 3 is 2.45 bits per heavy atom. The number of aromatic nitrogens is 1. The summed E-state index contributed by atoms with van der Waals surface area (Å²) in [6.45, 7) is 4.98. The van der Waals surface area contributed by atoms with E-state index in [1.54, 1.807) is 49.8 Å². The van der Waals surface area contributed by atoms with Crippen molar-refractivity contribution in [3.63, 3.8) is 0 Å². The molecule has 0 aliphatic heterocycles. The number of benzene rings is 2. The van der Waals surface area contributed by atoms with Crippen molar-refractivity contribution in [3.05, 3.63) is 87.7 Å². The minimum Gasteiger partial charge on any atom is -0.488 e. The highest BCUT2D eigenvalue weighted by Gasteiger charge is 2.15. The molecule has 2 N–H and O–H groups in total. The second-order valence-electron chi connectivity index (χ2n) is 7.49. The number of nitrogens with zero attached hydrogens (tertiary/aromatic N) is 1. The number of nitrogens with one attached hydrogen (secondary N) is 2. The number of halogens is 1. The maximum absolute atomic E-state index is 12.8. The van der Waals surface area contributed by atoms with Gasteiger partial charge in [0.1, 0.15) is 12.4 Å². The van der Waals surface area contributed by atoms with Gasteiger partial charge < -0.3 is 20.1 Å². The Balaban J connectivity index is 1.67. The van der Waals surface area contributed by atoms with Crippen LogP contribution in [0.25, 0.3) is 0 Å². The molecule has 0 bridgehead atoms. The first-order chi connectivity index (χ1) is 15.9. The van der Waals surface area contributed by atoms with Crippen LogP contribution in [0.1, 0.15) is 37.4 Å². The van der Waals surface area contributed by atoms with E-state index in [9.17, 15) is 9.59 Å². The summed E-state index contributed by atoms with van der Waals surface area (Å²) in [4.78, 5) is 29.1. The SMILES string of the molecule is COCCNC(=O)c1ccc(NC(=O)c2cc(C)c(OCc3cccnc3)c(C)c2)cc1Cl. The van der Waals surface area contributed by atoms with Gasteiger partial charge in [0.25, 0.3) is 11.8 Å². The standard InChI is InChI=1S/C25H26ClN3O4/c1-16-11-19(12-17(2)23(16)33-15-18-5-4-8-27-14-18)24(30)29-20-6-7-21(22(26)13-20)25(31)28-9-10-32-3/h4-8,11-14H,9-10,15H2,1-3H3,(H,28,31)(H,29,30). The molecule has 0 fully saturated rings. The molecular weight excluding hydrogens is 442 g/mol. The predicted molar refractivity (Wildman–Crippen MR) is 128 cm³/mol. The van der Waals surface area contributed by atoms with E-state index in [0.717, 1.165) is 22.4 Å². The highest BCUT2D eigenvalue weighted by atomic mass is 35.5. The number of anilines is 1. The van der Waals surface area contributed by atoms with Crippen molar-refractivity contribution >= 4 is 29.1 Å². The lowest BCUT2D eigenvalue weighted by Crippen LogP contribution is -2.27. The summed E-state index contributed by atoms with van der Waals surface area (Å²) in [5, 5.41) is 5.78. The molecule has 7 nitrogen and oxygen atoms in total. The van der Waals surface area contributed by atoms with Crippen LogP contribution in [0.2, 0.25) is 5.02 Å². The zero-order valence-corrected chi connectivity index (χ0v) is 19.5. The number of pyridine rings is 1. The minimum atomic E-state index is -0.303. The Hall–Kier alpha value is -3.42. The third-order valence-electron chi connectivity index (χ3n) is 4.89. The fourth-order valence-electron chi connectivity index (χ4n) is 3.29. The van der Waals surface area contributed by atoms with Crippen LogP contribution in [0.15, 0.2) is 54.9 Å². The van der Waals surface area contributed by atoms with Crippen LogP contribution in [-0.4, -0.2) is 37.1 Å². The van der Waals surface area contributed by atoms with E-state index in [0.29, 0.717) is 36.6 Å². The summed E-state index contributed by atoms with van der Waals surface area (Å²) in [6, 6.07) is 12.1. The molecule has 3 aromatic rings. The Bertz CT molecular complexity index is 1110. The lowest BCUT2D eigenvalue weighted by atomic mass is 10.0. The van der Waals surface area contributed by atoms with Crippen molar-refractivity contribution in [2.75, 3.05) is 25.6 Å². The maximum Gasteiger partial charge on any atom is 0.255 e. The lowest BCUT2D eigenvalue weighted by Gasteiger charge is -2.14. The fraction of sp³-hybridized carbons (Fsp3) is 0.240. The third kappa shape index (κ3) is 6.54. The van der Waals surface area contributed by atoms with Gasteiger partial charge in [-0.05, 0) is 61.4 Å². The predicted octanol–water partition coefficient (Wildman–Crippen LogP) is 4.56. The second-order valence-corrected chi connectivity index (χ2v) is 7.89. The number of methoxy groups -OCH3 is 1. The van der Waals surface area contributed by atoms with Crippen LogP contribution >= 0.6 is 11.6 Å². The fourth-order valence-corrected chi connectivity index (χ4v) is 3.56. The number of carbonyl (C=O) groups is 2. The molecule has 172 valence electrons. The van der Waals surface area contributed by atoms with E-state index in [-0.39, 0.29) is 16.8 Å². The highest BCUT2D eigenvalue weighted by molar-refractivity contribution is 6.34. The molecule has 0 saturated carbocycles. The second kappa shape index (κ2) is 11.4. The molecule has 0 spiro atoms. The summed E-state index contributed by atoms with van der Waals surface area (Å²) < 4.78 is 10.9. The van der Waals surface area contributed by atoms with Gasteiger partial charge in [-0.3, -0.25) is 14.6 Å². The van der Waals surface area contributed by atoms with Crippen LogP contribution in [0.4, 0.5) is 5.69 Å². The highest BCUT2D eigenvalue weighted by Crippen LogP contribution is 2.27. The molecule has 0 radical (unpaired) electrons. The third-order valence-corrected chi connectivity index (χ3v) is 5.20. The summed E-state index contributed by atoms with van der Waals surface area (Å²) in [6.07, 6.45) is 3.47. The van der Waals surface area contributed by atoms with Crippen molar-refractivity contribution in [1.29, 1.82) is 0 Å². The summed E-state index contributed by atoms with van der Waals surface area (Å²) in [7, 11) is 1.56. The van der Waals surface area contributed by atoms with E-state index in [1.807, 2.05) is 26.0 Å². The molecule has 8 heteroatoms. The molecular formula is C25H26ClN3O4. The van der Waals surface area contributed by atoms with Crippen LogP contribution in [0.3, 0.4) is 0 Å². The molecule has 0 atom stereocenters. The van der Waals surface area contributed by atoms with Crippen molar-refractivity contribution in [3.8, 4) is 5.75 Å². The molecule has 0 aliphatic rings. The first-order valence-corrected chi connectivity index (χ1v) is 10.8. The van der Waals surface area contributed by atoms with Crippen LogP contribution in [0.5, 0.6) is 5.75 Å². The summed E-state index contributed by atoms with van der Waals surface area (Å²) >= 11 is 6.26. The van der Waals surface area contributed by atoms with Crippen molar-refractivity contribution < 1.29 is 19.1 Å². The van der Waals surface area contributed by atoms with Gasteiger partial charge in [0, 0.05) is 42.9 Å². The van der Waals surface area contributed by atoms with Crippen LogP contribution in [-0.2, 0) is 11.3 Å². The summed E-state index contributed by atoms with van der Waals surface area (Å²) in [5.74, 6) is 0.152. The topological polar surface area (TPSA) is 89.6 Å². The van der Waals surface area contributed by atoms with Crippen LogP contribution in [0, 0.1) is 13.8 Å². The largest absolute Gasteiger partial charge is 0.488 e. The smallest absolute Gasteiger partial charge is 0.255 e. The maximum atomic E-state index is 12.8. The van der Waals surface area contributed by atoms with Crippen LogP contribution < -0.4 is 15.4 Å². The number of aryl methyl sites for hydroxylation is 2. The Kier molecular flexibility index (Phi) is 8.40. The Morgan fingerprint density at radius 1 is 1.06 bits per heavy atom. The molecule has 0 saturated heterocycles. The van der Waals surface area contributed by atoms with Gasteiger partial charge in [0.15, 0.2) is 0 Å². The van der Waals surface area contributed by atoms with Gasteiger partial charge in [-0.15, -0.1) is 0 Å². The summed E-state index contributed by atoms with van der Waals surface area (Å²) in [5.41, 5.74) is 3.98. The van der Waals surface area contributed by atoms with Gasteiger partial charge in [0.2, 0.25) is 0 Å². The van der Waals surface area contributed by atoms with Gasteiger partial charge in [-0.1, -0.05) is 17.7 Å². The number of ether oxygens (including phenoxy) is 2. The van der Waals surface area contributed by atoms with E-state index in [4.69, 9.17) is 21.1 Å². The first-order valence-electron chi connectivity index (χ1n) is 10.4. The van der Waals surface area contributed by atoms with Gasteiger partial charge in [-0.25, -0.2) is 0 Å². The Labute approximate surface area is 198 Å². The van der Waals surface area contributed by atoms with Gasteiger partial charge in [-0.2, -0.15) is 0 Å². The van der Waals surface area contributed by atoms with Crippen molar-refractivity contribution in [2.45, 2.75) is 20.5 Å². The molecule has 1 heterocycles. The molecule has 2 amide bonds. The zero-order valence-electron chi connectivity index (χ0n) is 18.8. The first kappa shape index (κ1) is 24.2. The number of hydrogen-bond acceptors (Lipinski definition) is 5. The van der Waals surface area contributed by atoms with Gasteiger partial charge in [0.05, 0.1) is 17.2 Å². The molecule has 3 rings (SSSR count). The lowest BCUT2D eigenvalue weighted by molar-refractivity contribution is 0.0936. The average Bonchev–Trinajstić information content (AvgIpc) is 2.79. The minimum absolute atomic E-state index is 0.245. The Morgan fingerprint density at radius 2 is 1.82 bits per heavy atom. The van der Waals surface area contributed by atoms with Crippen molar-refractivity contribution in [1.82, 2.24) is 10.3 Å². The number of amides is 2. The van der Waals surface area contributed by atoms with Crippen molar-refractivity contribution in [2.24, 2.45) is 0 Å². The van der Waals surface area contributed by atoms with E-state index in [1.165, 1.54) is 0 Å². The monoisotopic (exact) mass is 467 g/mol. The molecule has 0 aliphatic carbocycles. The van der Waals surface area contributed by atoms with E-state index >= 15 is 0 Å². The quantitative estimate of drug-likeness (QED) is 0.450. The number of rotatable bonds is 9. The van der Waals surface area contributed by atoms with E-state index < -0.39 is 0 Å².